The molecule has 4 rings (SSSR count). The van der Waals surface area contributed by atoms with Gasteiger partial charge in [0.25, 0.3) is 0 Å². The van der Waals surface area contributed by atoms with Crippen LogP contribution in [0.25, 0.3) is 0 Å². The average Bonchev–Trinajstić information content (AvgIpc) is 2.69. The highest BCUT2D eigenvalue weighted by molar-refractivity contribution is 5.93. The Balaban J connectivity index is 1.67. The number of hydrogen-bond donors (Lipinski definition) is 0. The van der Waals surface area contributed by atoms with Crippen molar-refractivity contribution < 1.29 is 9.53 Å². The van der Waals surface area contributed by atoms with Crippen molar-refractivity contribution in [2.24, 2.45) is 11.3 Å². The number of fused-ring (bicyclic) bond motifs is 1. The van der Waals surface area contributed by atoms with Crippen LogP contribution < -0.4 is 0 Å². The minimum Gasteiger partial charge on any atom is -0.370 e. The standard InChI is InChI=1S/C20H20O2/c21-19-18-17(14-22-18)13-20(19,11-15-7-3-1-4-8-15)12-16-9-5-2-6-10-16/h1-10,17-18H,11-14H2/t17-,18?/m0/s1. The van der Waals surface area contributed by atoms with E-state index in [0.29, 0.717) is 11.7 Å². The Kier molecular flexibility index (Phi) is 3.34. The van der Waals surface area contributed by atoms with Crippen LogP contribution in [0.1, 0.15) is 17.5 Å². The molecule has 2 heteroatoms. The van der Waals surface area contributed by atoms with E-state index < -0.39 is 0 Å². The molecular weight excluding hydrogens is 272 g/mol. The molecule has 0 radical (unpaired) electrons. The molecule has 1 unspecified atom stereocenters. The zero-order valence-electron chi connectivity index (χ0n) is 12.6. The summed E-state index contributed by atoms with van der Waals surface area (Å²) in [6.07, 6.45) is 2.45. The highest BCUT2D eigenvalue weighted by Gasteiger charge is 2.57. The van der Waals surface area contributed by atoms with Gasteiger partial charge in [-0.15, -0.1) is 0 Å². The summed E-state index contributed by atoms with van der Waals surface area (Å²) < 4.78 is 5.55. The SMILES string of the molecule is O=C1C2OC[C@@H]2CC1(Cc1ccccc1)Cc1ccccc1. The van der Waals surface area contributed by atoms with Gasteiger partial charge in [0, 0.05) is 11.3 Å². The number of ketones is 1. The van der Waals surface area contributed by atoms with E-state index in [1.165, 1.54) is 11.1 Å². The molecule has 22 heavy (non-hydrogen) atoms. The van der Waals surface area contributed by atoms with Gasteiger partial charge in [-0.3, -0.25) is 4.79 Å². The number of carbonyl (C=O) groups excluding carboxylic acids is 1. The Morgan fingerprint density at radius 1 is 0.909 bits per heavy atom. The Morgan fingerprint density at radius 2 is 1.45 bits per heavy atom. The Labute approximate surface area is 131 Å². The van der Waals surface area contributed by atoms with Gasteiger partial charge in [-0.25, -0.2) is 0 Å². The predicted octanol–water partition coefficient (Wildman–Crippen LogP) is 3.45. The fourth-order valence-electron chi connectivity index (χ4n) is 4.04. The quantitative estimate of drug-likeness (QED) is 0.863. The van der Waals surface area contributed by atoms with E-state index in [-0.39, 0.29) is 11.5 Å². The Bertz CT molecular complexity index is 621. The van der Waals surface area contributed by atoms with Gasteiger partial charge < -0.3 is 4.74 Å². The molecule has 1 heterocycles. The van der Waals surface area contributed by atoms with Gasteiger partial charge >= 0.3 is 0 Å². The normalized spacial score (nSPS) is 25.5. The summed E-state index contributed by atoms with van der Waals surface area (Å²) >= 11 is 0. The molecule has 1 aliphatic heterocycles. The molecule has 0 spiro atoms. The van der Waals surface area contributed by atoms with Crippen LogP contribution >= 0.6 is 0 Å². The van der Waals surface area contributed by atoms with Gasteiger partial charge in [0.15, 0.2) is 5.78 Å². The van der Waals surface area contributed by atoms with Gasteiger partial charge in [0.05, 0.1) is 6.61 Å². The second-order valence-corrected chi connectivity index (χ2v) is 6.69. The molecular formula is C20H20O2. The topological polar surface area (TPSA) is 26.3 Å². The van der Waals surface area contributed by atoms with Crippen LogP contribution in [-0.4, -0.2) is 18.5 Å². The van der Waals surface area contributed by atoms with Crippen molar-refractivity contribution >= 4 is 5.78 Å². The maximum absolute atomic E-state index is 13.0. The van der Waals surface area contributed by atoms with E-state index >= 15 is 0 Å². The summed E-state index contributed by atoms with van der Waals surface area (Å²) in [4.78, 5) is 13.0. The number of carbonyl (C=O) groups is 1. The third kappa shape index (κ3) is 2.28. The van der Waals surface area contributed by atoms with Crippen LogP contribution in [0.3, 0.4) is 0 Å². The number of ether oxygens (including phenoxy) is 1. The molecule has 1 aliphatic carbocycles. The lowest BCUT2D eigenvalue weighted by molar-refractivity contribution is -0.149. The van der Waals surface area contributed by atoms with E-state index in [1.807, 2.05) is 12.1 Å². The molecule has 0 N–H and O–H groups in total. The first-order chi connectivity index (χ1) is 10.8. The van der Waals surface area contributed by atoms with Crippen LogP contribution in [-0.2, 0) is 22.4 Å². The molecule has 2 aromatic carbocycles. The molecule has 1 saturated heterocycles. The fourth-order valence-corrected chi connectivity index (χ4v) is 4.04. The van der Waals surface area contributed by atoms with E-state index in [2.05, 4.69) is 48.5 Å². The number of rotatable bonds is 4. The lowest BCUT2D eigenvalue weighted by Crippen LogP contribution is -2.41. The first-order valence-electron chi connectivity index (χ1n) is 8.01. The number of Topliss-reactive ketones (excluding diaryl/α,β-unsaturated/α-hetero) is 1. The van der Waals surface area contributed by atoms with E-state index in [0.717, 1.165) is 25.9 Å². The largest absolute Gasteiger partial charge is 0.370 e. The summed E-state index contributed by atoms with van der Waals surface area (Å²) in [5, 5.41) is 0. The Morgan fingerprint density at radius 3 is 1.82 bits per heavy atom. The minimum absolute atomic E-state index is 0.146. The summed E-state index contributed by atoms with van der Waals surface area (Å²) in [7, 11) is 0. The summed E-state index contributed by atoms with van der Waals surface area (Å²) in [5.74, 6) is 0.747. The third-order valence-electron chi connectivity index (χ3n) is 5.12. The number of hydrogen-bond acceptors (Lipinski definition) is 2. The van der Waals surface area contributed by atoms with Gasteiger partial charge in [0.2, 0.25) is 0 Å². The first-order valence-corrected chi connectivity index (χ1v) is 8.01. The van der Waals surface area contributed by atoms with Crippen LogP contribution in [0.5, 0.6) is 0 Å². The molecule has 2 fully saturated rings. The summed E-state index contributed by atoms with van der Waals surface area (Å²) in [6.45, 7) is 0.752. The van der Waals surface area contributed by atoms with Crippen molar-refractivity contribution in [1.29, 1.82) is 0 Å². The van der Waals surface area contributed by atoms with Crippen LogP contribution in [0.4, 0.5) is 0 Å². The summed E-state index contributed by atoms with van der Waals surface area (Å²) in [6, 6.07) is 20.8. The molecule has 0 aromatic heterocycles. The smallest absolute Gasteiger partial charge is 0.168 e. The molecule has 0 bridgehead atoms. The van der Waals surface area contributed by atoms with E-state index in [4.69, 9.17) is 4.74 Å². The maximum Gasteiger partial charge on any atom is 0.168 e. The average molecular weight is 292 g/mol. The maximum atomic E-state index is 13.0. The van der Waals surface area contributed by atoms with Gasteiger partial charge in [0.1, 0.15) is 6.10 Å². The molecule has 0 amide bonds. The zero-order chi connectivity index (χ0) is 15.0. The lowest BCUT2D eigenvalue weighted by atomic mass is 9.74. The van der Waals surface area contributed by atoms with Crippen LogP contribution in [0.15, 0.2) is 60.7 Å². The molecule has 2 aromatic rings. The van der Waals surface area contributed by atoms with Gasteiger partial charge in [-0.1, -0.05) is 60.7 Å². The van der Waals surface area contributed by atoms with Gasteiger partial charge in [-0.05, 0) is 30.4 Å². The highest BCUT2D eigenvalue weighted by atomic mass is 16.5. The van der Waals surface area contributed by atoms with Gasteiger partial charge in [-0.2, -0.15) is 0 Å². The monoisotopic (exact) mass is 292 g/mol. The minimum atomic E-state index is -0.297. The van der Waals surface area contributed by atoms with Crippen molar-refractivity contribution in [2.75, 3.05) is 6.61 Å². The molecule has 2 atom stereocenters. The van der Waals surface area contributed by atoms with Crippen molar-refractivity contribution in [3.8, 4) is 0 Å². The highest BCUT2D eigenvalue weighted by Crippen LogP contribution is 2.49. The zero-order valence-corrected chi connectivity index (χ0v) is 12.6. The van der Waals surface area contributed by atoms with Crippen LogP contribution in [0.2, 0.25) is 0 Å². The fraction of sp³-hybridized carbons (Fsp3) is 0.350. The Hall–Kier alpha value is -1.93. The summed E-state index contributed by atoms with van der Waals surface area (Å²) in [5.41, 5.74) is 2.19. The van der Waals surface area contributed by atoms with E-state index in [1.54, 1.807) is 0 Å². The van der Waals surface area contributed by atoms with Crippen molar-refractivity contribution in [3.05, 3.63) is 71.8 Å². The molecule has 2 aliphatic rings. The second-order valence-electron chi connectivity index (χ2n) is 6.69. The number of benzene rings is 2. The van der Waals surface area contributed by atoms with Crippen molar-refractivity contribution in [1.82, 2.24) is 0 Å². The molecule has 1 saturated carbocycles. The third-order valence-corrected chi connectivity index (χ3v) is 5.12. The van der Waals surface area contributed by atoms with Crippen molar-refractivity contribution in [3.63, 3.8) is 0 Å². The lowest BCUT2D eigenvalue weighted by Gasteiger charge is -2.28. The van der Waals surface area contributed by atoms with Crippen LogP contribution in [0, 0.1) is 11.3 Å². The van der Waals surface area contributed by atoms with Crippen molar-refractivity contribution in [2.45, 2.75) is 25.4 Å². The predicted molar refractivity (Wildman–Crippen MR) is 85.6 cm³/mol. The molecule has 2 nitrogen and oxygen atoms in total. The second kappa shape index (κ2) is 5.36. The molecule has 112 valence electrons. The first kappa shape index (κ1) is 13.7. The van der Waals surface area contributed by atoms with E-state index in [9.17, 15) is 4.79 Å².